The van der Waals surface area contributed by atoms with Gasteiger partial charge in [0.15, 0.2) is 0 Å². The Hall–Kier alpha value is -0.710. The lowest BCUT2D eigenvalue weighted by atomic mass is 10.1. The Balaban J connectivity index is 2.13. The Bertz CT molecular complexity index is 364. The van der Waals surface area contributed by atoms with Gasteiger partial charge in [-0.2, -0.15) is 0 Å². The first kappa shape index (κ1) is 10.8. The van der Waals surface area contributed by atoms with Gasteiger partial charge in [0.05, 0.1) is 0 Å². The van der Waals surface area contributed by atoms with Crippen molar-refractivity contribution in [2.24, 2.45) is 0 Å². The fourth-order valence-electron chi connectivity index (χ4n) is 1.45. The number of hydrogen-bond acceptors (Lipinski definition) is 1. The molecule has 2 rings (SSSR count). The van der Waals surface area contributed by atoms with Gasteiger partial charge in [-0.3, -0.25) is 0 Å². The van der Waals surface area contributed by atoms with Crippen LogP contribution in [0.4, 0.5) is 13.2 Å². The maximum Gasteiger partial charge on any atom is 0.573 e. The van der Waals surface area contributed by atoms with Crippen molar-refractivity contribution in [3.63, 3.8) is 0 Å². The molecule has 1 nitrogen and oxygen atoms in total. The van der Waals surface area contributed by atoms with E-state index in [1.54, 1.807) is 6.07 Å². The fourth-order valence-corrected chi connectivity index (χ4v) is 2.16. The first-order valence-corrected chi connectivity index (χ1v) is 5.37. The molecule has 15 heavy (non-hydrogen) atoms. The van der Waals surface area contributed by atoms with E-state index in [-0.39, 0.29) is 5.75 Å². The summed E-state index contributed by atoms with van der Waals surface area (Å²) in [6, 6.07) is 6.14. The molecule has 0 unspecified atom stereocenters. The molecule has 0 heterocycles. The summed E-state index contributed by atoms with van der Waals surface area (Å²) >= 11 is 3.41. The molecule has 1 saturated carbocycles. The van der Waals surface area contributed by atoms with Crippen LogP contribution in [-0.4, -0.2) is 11.2 Å². The third kappa shape index (κ3) is 2.87. The zero-order valence-corrected chi connectivity index (χ0v) is 9.18. The summed E-state index contributed by atoms with van der Waals surface area (Å²) in [5.74, 6) is 0.174. The van der Waals surface area contributed by atoms with Crippen molar-refractivity contribution in [1.29, 1.82) is 0 Å². The van der Waals surface area contributed by atoms with Crippen LogP contribution >= 0.6 is 15.9 Å². The second-order valence-electron chi connectivity index (χ2n) is 3.48. The van der Waals surface area contributed by atoms with E-state index in [0.29, 0.717) is 10.7 Å². The Morgan fingerprint density at radius 1 is 1.33 bits per heavy atom. The Labute approximate surface area is 93.4 Å². The van der Waals surface area contributed by atoms with Gasteiger partial charge in [-0.15, -0.1) is 13.2 Å². The van der Waals surface area contributed by atoms with Crippen LogP contribution in [-0.2, 0) is 0 Å². The zero-order chi connectivity index (χ0) is 11.1. The van der Waals surface area contributed by atoms with Crippen LogP contribution in [0.2, 0.25) is 0 Å². The number of rotatable bonds is 2. The number of benzene rings is 1. The van der Waals surface area contributed by atoms with Gasteiger partial charge in [0.1, 0.15) is 5.75 Å². The Morgan fingerprint density at radius 2 is 2.00 bits per heavy atom. The van der Waals surface area contributed by atoms with Crippen molar-refractivity contribution < 1.29 is 17.9 Å². The van der Waals surface area contributed by atoms with E-state index in [2.05, 4.69) is 20.7 Å². The van der Waals surface area contributed by atoms with Crippen LogP contribution in [0.15, 0.2) is 24.3 Å². The molecule has 0 N–H and O–H groups in total. The van der Waals surface area contributed by atoms with Crippen molar-refractivity contribution >= 4 is 15.9 Å². The molecule has 2 atom stereocenters. The summed E-state index contributed by atoms with van der Waals surface area (Å²) in [4.78, 5) is 0.388. The first-order chi connectivity index (χ1) is 6.96. The van der Waals surface area contributed by atoms with Gasteiger partial charge in [-0.05, 0) is 30.0 Å². The molecule has 0 aliphatic heterocycles. The molecule has 0 radical (unpaired) electrons. The van der Waals surface area contributed by atoms with Gasteiger partial charge in [0, 0.05) is 4.83 Å². The molecule has 1 aromatic rings. The Morgan fingerprint density at radius 3 is 2.53 bits per heavy atom. The minimum Gasteiger partial charge on any atom is -0.406 e. The van der Waals surface area contributed by atoms with Crippen molar-refractivity contribution in [2.75, 3.05) is 0 Å². The number of alkyl halides is 4. The van der Waals surface area contributed by atoms with Gasteiger partial charge in [0.25, 0.3) is 0 Å². The predicted octanol–water partition coefficient (Wildman–Crippen LogP) is 3.84. The summed E-state index contributed by atoms with van der Waals surface area (Å²) in [5, 5.41) is 0. The van der Waals surface area contributed by atoms with Crippen LogP contribution in [0.3, 0.4) is 0 Å². The summed E-state index contributed by atoms with van der Waals surface area (Å²) in [6.07, 6.45) is -3.65. The summed E-state index contributed by atoms with van der Waals surface area (Å²) in [6.45, 7) is 0. The van der Waals surface area contributed by atoms with Crippen LogP contribution < -0.4 is 4.74 Å². The largest absolute Gasteiger partial charge is 0.573 e. The molecule has 1 aliphatic rings. The highest BCUT2D eigenvalue weighted by atomic mass is 79.9. The zero-order valence-electron chi connectivity index (χ0n) is 7.59. The first-order valence-electron chi connectivity index (χ1n) is 4.45. The van der Waals surface area contributed by atoms with Crippen LogP contribution in [0.25, 0.3) is 0 Å². The van der Waals surface area contributed by atoms with Crippen molar-refractivity contribution in [3.05, 3.63) is 29.8 Å². The predicted molar refractivity (Wildman–Crippen MR) is 53.2 cm³/mol. The maximum absolute atomic E-state index is 11.9. The second-order valence-corrected chi connectivity index (χ2v) is 4.65. The minimum absolute atomic E-state index is 0.147. The molecule has 1 aliphatic carbocycles. The fraction of sp³-hybridized carbons (Fsp3) is 0.400. The molecule has 1 fully saturated rings. The van der Waals surface area contributed by atoms with Gasteiger partial charge < -0.3 is 4.74 Å². The summed E-state index contributed by atoms with van der Waals surface area (Å²) in [7, 11) is 0. The molecule has 0 saturated heterocycles. The average molecular weight is 281 g/mol. The third-order valence-electron chi connectivity index (χ3n) is 2.23. The van der Waals surface area contributed by atoms with E-state index in [1.165, 1.54) is 12.1 Å². The number of ether oxygens (including phenoxy) is 1. The molecule has 0 amide bonds. The number of halogens is 4. The number of hydrogen-bond donors (Lipinski definition) is 0. The lowest BCUT2D eigenvalue weighted by Gasteiger charge is -2.09. The third-order valence-corrected chi connectivity index (χ3v) is 3.24. The van der Waals surface area contributed by atoms with E-state index in [9.17, 15) is 13.2 Å². The molecular weight excluding hydrogens is 273 g/mol. The van der Waals surface area contributed by atoms with Crippen LogP contribution in [0, 0.1) is 0 Å². The van der Waals surface area contributed by atoms with Crippen molar-refractivity contribution in [2.45, 2.75) is 23.5 Å². The van der Waals surface area contributed by atoms with E-state index in [0.717, 1.165) is 12.0 Å². The molecular formula is C10H8BrF3O. The van der Waals surface area contributed by atoms with Gasteiger partial charge in [-0.25, -0.2) is 0 Å². The molecule has 0 bridgehead atoms. The monoisotopic (exact) mass is 280 g/mol. The molecule has 82 valence electrons. The molecule has 1 aromatic carbocycles. The van der Waals surface area contributed by atoms with E-state index < -0.39 is 6.36 Å². The normalized spacial score (nSPS) is 25.1. The van der Waals surface area contributed by atoms with Crippen molar-refractivity contribution in [1.82, 2.24) is 0 Å². The minimum atomic E-state index is -4.62. The van der Waals surface area contributed by atoms with Crippen molar-refractivity contribution in [3.8, 4) is 5.75 Å². The quantitative estimate of drug-likeness (QED) is 0.748. The highest BCUT2D eigenvalue weighted by Crippen LogP contribution is 2.47. The molecule has 5 heteroatoms. The van der Waals surface area contributed by atoms with E-state index in [4.69, 9.17) is 0 Å². The Kier molecular flexibility index (Phi) is 2.66. The highest BCUT2D eigenvalue weighted by Gasteiger charge is 2.37. The van der Waals surface area contributed by atoms with Crippen LogP contribution in [0.1, 0.15) is 17.9 Å². The van der Waals surface area contributed by atoms with Gasteiger partial charge in [0.2, 0.25) is 0 Å². The summed E-state index contributed by atoms with van der Waals surface area (Å²) < 4.78 is 39.6. The smallest absolute Gasteiger partial charge is 0.406 e. The van der Waals surface area contributed by atoms with Gasteiger partial charge >= 0.3 is 6.36 Å². The lowest BCUT2D eigenvalue weighted by Crippen LogP contribution is -2.17. The molecule has 0 spiro atoms. The highest BCUT2D eigenvalue weighted by molar-refractivity contribution is 9.09. The second kappa shape index (κ2) is 3.70. The van der Waals surface area contributed by atoms with Gasteiger partial charge in [-0.1, -0.05) is 28.1 Å². The van der Waals surface area contributed by atoms with Crippen LogP contribution in [0.5, 0.6) is 5.75 Å². The van der Waals surface area contributed by atoms with E-state index in [1.807, 2.05) is 6.07 Å². The maximum atomic E-state index is 11.9. The lowest BCUT2D eigenvalue weighted by molar-refractivity contribution is -0.274. The van der Waals surface area contributed by atoms with E-state index >= 15 is 0 Å². The standard InChI is InChI=1S/C10H8BrF3O/c11-9-5-8(9)6-2-1-3-7(4-6)15-10(12,13)14/h1-4,8-9H,5H2/t8-,9+/m0/s1. The topological polar surface area (TPSA) is 9.23 Å². The SMILES string of the molecule is FC(F)(F)Oc1cccc([C@@H]2C[C@H]2Br)c1. The average Bonchev–Trinajstić information content (AvgIpc) is 2.80. The molecule has 0 aromatic heterocycles. The summed E-state index contributed by atoms with van der Waals surface area (Å²) in [5.41, 5.74) is 0.888.